The van der Waals surface area contributed by atoms with E-state index in [0.29, 0.717) is 32.9 Å². The van der Waals surface area contributed by atoms with Crippen molar-refractivity contribution in [2.75, 3.05) is 40.2 Å². The number of aliphatic hydroxyl groups excluding tert-OH is 1. The fourth-order valence-electron chi connectivity index (χ4n) is 4.97. The molecule has 0 radical (unpaired) electrons. The number of hydrogen-bond acceptors (Lipinski definition) is 6. The van der Waals surface area contributed by atoms with Crippen LogP contribution < -0.4 is 0 Å². The maximum Gasteiger partial charge on any atom is 0.409 e. The molecule has 1 amide bonds. The number of hydrogen-bond donors (Lipinski definition) is 1. The first-order valence-corrected chi connectivity index (χ1v) is 15.8. The lowest BCUT2D eigenvalue weighted by Crippen LogP contribution is -2.56. The second-order valence-corrected chi connectivity index (χ2v) is 16.2. The molecule has 1 aromatic rings. The molecule has 186 valence electrons. The van der Waals surface area contributed by atoms with Crippen LogP contribution >= 0.6 is 0 Å². The number of rotatable bonds is 10. The molecule has 0 bridgehead atoms. The molecule has 5 atom stereocenters. The van der Waals surface area contributed by atoms with Gasteiger partial charge in [-0.1, -0.05) is 50.0 Å². The molecule has 1 saturated heterocycles. The maximum atomic E-state index is 12.1. The van der Waals surface area contributed by atoms with Gasteiger partial charge in [0, 0.05) is 33.7 Å². The topological polar surface area (TPSA) is 77.5 Å². The minimum Gasteiger partial charge on any atom is -0.453 e. The van der Waals surface area contributed by atoms with Crippen LogP contribution in [0.3, 0.4) is 0 Å². The average Bonchev–Trinajstić information content (AvgIpc) is 2.80. The summed E-state index contributed by atoms with van der Waals surface area (Å²) >= 11 is 0. The number of aliphatic hydroxyl groups is 1. The predicted molar refractivity (Wildman–Crippen MR) is 130 cm³/mol. The summed E-state index contributed by atoms with van der Waals surface area (Å²) in [6.07, 6.45) is 0.347. The van der Waals surface area contributed by atoms with Gasteiger partial charge in [-0.3, -0.25) is 0 Å². The van der Waals surface area contributed by atoms with Crippen molar-refractivity contribution >= 4 is 14.2 Å². The van der Waals surface area contributed by atoms with E-state index >= 15 is 0 Å². The molecule has 2 fully saturated rings. The van der Waals surface area contributed by atoms with Crippen molar-refractivity contribution in [3.63, 3.8) is 0 Å². The third-order valence-electron chi connectivity index (χ3n) is 6.91. The molecule has 2 aliphatic rings. The zero-order valence-corrected chi connectivity index (χ0v) is 21.6. The molecule has 7 nitrogen and oxygen atoms in total. The molecule has 3 rings (SSSR count). The van der Waals surface area contributed by atoms with Gasteiger partial charge in [0.25, 0.3) is 0 Å². The Hall–Kier alpha value is -1.45. The van der Waals surface area contributed by atoms with Crippen LogP contribution in [0.15, 0.2) is 30.3 Å². The second kappa shape index (κ2) is 12.3. The van der Waals surface area contributed by atoms with Gasteiger partial charge in [0.2, 0.25) is 0 Å². The minimum absolute atomic E-state index is 0.0510. The lowest BCUT2D eigenvalue weighted by Gasteiger charge is -2.49. The molecular weight excluding hydrogens is 438 g/mol. The van der Waals surface area contributed by atoms with Crippen molar-refractivity contribution in [1.82, 2.24) is 4.90 Å². The molecule has 0 aromatic heterocycles. The van der Waals surface area contributed by atoms with Crippen LogP contribution in [0.5, 0.6) is 0 Å². The van der Waals surface area contributed by atoms with Crippen molar-refractivity contribution < 1.29 is 28.8 Å². The Morgan fingerprint density at radius 3 is 2.64 bits per heavy atom. The summed E-state index contributed by atoms with van der Waals surface area (Å²) in [4.78, 5) is 13.9. The molecule has 1 aliphatic carbocycles. The molecule has 1 aromatic carbocycles. The molecule has 0 spiro atoms. The van der Waals surface area contributed by atoms with Crippen LogP contribution in [0.4, 0.5) is 4.79 Å². The molecule has 1 heterocycles. The van der Waals surface area contributed by atoms with Gasteiger partial charge in [-0.2, -0.15) is 0 Å². The van der Waals surface area contributed by atoms with Crippen LogP contribution in [-0.2, 0) is 25.6 Å². The quantitative estimate of drug-likeness (QED) is 0.311. The number of piperidine rings is 1. The zero-order chi connectivity index (χ0) is 23.8. The molecule has 8 heteroatoms. The van der Waals surface area contributed by atoms with E-state index in [0.717, 1.165) is 24.4 Å². The standard InChI is InChI=1S/C25H41NO6Si/c1-29-25(28)26-11-10-21-20(15-26)14-23(32-16-19-8-6-5-7-9-19)24(27)22(21)17-31-18-30-12-13-33(2,3)4/h5-9,20-24,27H,10-18H2,1-4H3/t20-,21+,22+,23-,24-/m1/s1. The Morgan fingerprint density at radius 1 is 1.18 bits per heavy atom. The second-order valence-electron chi connectivity index (χ2n) is 10.6. The van der Waals surface area contributed by atoms with E-state index in [-0.39, 0.29) is 36.7 Å². The normalized spacial score (nSPS) is 27.8. The molecule has 0 unspecified atom stereocenters. The lowest BCUT2D eigenvalue weighted by molar-refractivity contribution is -0.162. The van der Waals surface area contributed by atoms with Gasteiger partial charge in [0.1, 0.15) is 6.79 Å². The minimum atomic E-state index is -1.13. The van der Waals surface area contributed by atoms with Gasteiger partial charge in [-0.25, -0.2) is 4.79 Å². The van der Waals surface area contributed by atoms with Gasteiger partial charge in [0.15, 0.2) is 0 Å². The Balaban J connectivity index is 1.59. The Kier molecular flexibility index (Phi) is 9.76. The summed E-state index contributed by atoms with van der Waals surface area (Å²) in [6, 6.07) is 11.1. The van der Waals surface area contributed by atoms with Crippen molar-refractivity contribution in [3.05, 3.63) is 35.9 Å². The Bertz CT molecular complexity index is 727. The van der Waals surface area contributed by atoms with Crippen molar-refractivity contribution in [1.29, 1.82) is 0 Å². The van der Waals surface area contributed by atoms with Crippen molar-refractivity contribution in [2.45, 2.75) is 57.3 Å². The number of amides is 1. The summed E-state index contributed by atoms with van der Waals surface area (Å²) in [5, 5.41) is 11.2. The van der Waals surface area contributed by atoms with E-state index in [1.165, 1.54) is 7.11 Å². The zero-order valence-electron chi connectivity index (χ0n) is 20.6. The van der Waals surface area contributed by atoms with Gasteiger partial charge in [-0.05, 0) is 36.3 Å². The highest BCUT2D eigenvalue weighted by atomic mass is 28.3. The first-order valence-electron chi connectivity index (χ1n) is 12.1. The van der Waals surface area contributed by atoms with Gasteiger partial charge in [-0.15, -0.1) is 0 Å². The maximum absolute atomic E-state index is 12.1. The van der Waals surface area contributed by atoms with E-state index in [9.17, 15) is 9.90 Å². The lowest BCUT2D eigenvalue weighted by atomic mass is 9.66. The Morgan fingerprint density at radius 2 is 1.94 bits per heavy atom. The number of benzene rings is 1. The van der Waals surface area contributed by atoms with Crippen LogP contribution in [-0.4, -0.2) is 76.6 Å². The first kappa shape index (κ1) is 26.2. The van der Waals surface area contributed by atoms with Crippen LogP contribution in [0, 0.1) is 17.8 Å². The molecule has 1 saturated carbocycles. The van der Waals surface area contributed by atoms with E-state index in [1.807, 2.05) is 30.3 Å². The molecule has 1 aliphatic heterocycles. The van der Waals surface area contributed by atoms with Crippen molar-refractivity contribution in [3.8, 4) is 0 Å². The van der Waals surface area contributed by atoms with E-state index in [4.69, 9.17) is 18.9 Å². The fourth-order valence-corrected chi connectivity index (χ4v) is 5.73. The first-order chi connectivity index (χ1) is 15.8. The molecular formula is C25H41NO6Si. The van der Waals surface area contributed by atoms with Crippen molar-refractivity contribution in [2.24, 2.45) is 17.8 Å². The number of methoxy groups -OCH3 is 1. The summed E-state index contributed by atoms with van der Waals surface area (Å²) in [7, 11) is 0.291. The fraction of sp³-hybridized carbons (Fsp3) is 0.720. The predicted octanol–water partition coefficient (Wildman–Crippen LogP) is 3.99. The number of likely N-dealkylation sites (tertiary alicyclic amines) is 1. The highest BCUT2D eigenvalue weighted by Gasteiger charge is 2.47. The van der Waals surface area contributed by atoms with Gasteiger partial charge >= 0.3 is 6.09 Å². The van der Waals surface area contributed by atoms with E-state index in [2.05, 4.69) is 19.6 Å². The highest BCUT2D eigenvalue weighted by molar-refractivity contribution is 6.76. The number of nitrogens with zero attached hydrogens (tertiary/aromatic N) is 1. The summed E-state index contributed by atoms with van der Waals surface area (Å²) in [6.45, 7) is 10.1. The number of carbonyl (C=O) groups excluding carboxylic acids is 1. The summed E-state index contributed by atoms with van der Waals surface area (Å²) in [5.74, 6) is 0.466. The van der Waals surface area contributed by atoms with Crippen LogP contribution in [0.25, 0.3) is 0 Å². The molecule has 33 heavy (non-hydrogen) atoms. The third-order valence-corrected chi connectivity index (χ3v) is 8.61. The average molecular weight is 480 g/mol. The smallest absolute Gasteiger partial charge is 0.409 e. The largest absolute Gasteiger partial charge is 0.453 e. The summed E-state index contributed by atoms with van der Waals surface area (Å²) < 4.78 is 22.7. The SMILES string of the molecule is COC(=O)N1CC[C@H]2[C@H](C[C@@H](OCc3ccccc3)[C@H](O)[C@H]2COCOCC[Si](C)(C)C)C1. The summed E-state index contributed by atoms with van der Waals surface area (Å²) in [5.41, 5.74) is 1.08. The van der Waals surface area contributed by atoms with Gasteiger partial charge in [0.05, 0.1) is 32.5 Å². The number of fused-ring (bicyclic) bond motifs is 1. The van der Waals surface area contributed by atoms with E-state index < -0.39 is 14.2 Å². The van der Waals surface area contributed by atoms with Gasteiger partial charge < -0.3 is 29.0 Å². The highest BCUT2D eigenvalue weighted by Crippen LogP contribution is 2.42. The third kappa shape index (κ3) is 7.79. The molecule has 1 N–H and O–H groups in total. The number of carbonyl (C=O) groups is 1. The monoisotopic (exact) mass is 479 g/mol. The van der Waals surface area contributed by atoms with Crippen LogP contribution in [0.2, 0.25) is 25.7 Å². The van der Waals surface area contributed by atoms with E-state index in [1.54, 1.807) is 4.90 Å². The van der Waals surface area contributed by atoms with Crippen LogP contribution in [0.1, 0.15) is 18.4 Å². The Labute approximate surface area is 199 Å². The number of ether oxygens (including phenoxy) is 4.